The lowest BCUT2D eigenvalue weighted by Crippen LogP contribution is -2.49. The Kier molecular flexibility index (Phi) is 5.94. The predicted molar refractivity (Wildman–Crippen MR) is 131 cm³/mol. The Bertz CT molecular complexity index is 1350. The van der Waals surface area contributed by atoms with E-state index >= 15 is 0 Å². The van der Waals surface area contributed by atoms with E-state index in [9.17, 15) is 9.90 Å². The number of nitrogens with zero attached hydrogens (tertiary/aromatic N) is 1. The van der Waals surface area contributed by atoms with Gasteiger partial charge in [-0.3, -0.25) is 9.78 Å². The molecule has 7 heteroatoms. The number of fused-ring (bicyclic) bond motifs is 1. The Morgan fingerprint density at radius 1 is 1.12 bits per heavy atom. The molecule has 1 aliphatic carbocycles. The highest BCUT2D eigenvalue weighted by molar-refractivity contribution is 5.98. The smallest absolute Gasteiger partial charge is 0.251 e. The molecule has 7 nitrogen and oxygen atoms in total. The molecule has 2 aromatic carbocycles. The molecule has 0 unspecified atom stereocenters. The maximum atomic E-state index is 13.0. The van der Waals surface area contributed by atoms with Crippen molar-refractivity contribution in [1.29, 1.82) is 0 Å². The molecule has 4 N–H and O–H groups in total. The number of rotatable bonds is 5. The van der Waals surface area contributed by atoms with Gasteiger partial charge in [0.05, 0.1) is 12.7 Å². The number of carbonyl (C=O) groups is 1. The van der Waals surface area contributed by atoms with Crippen LogP contribution in [0.15, 0.2) is 65.2 Å². The van der Waals surface area contributed by atoms with Gasteiger partial charge in [0, 0.05) is 41.5 Å². The van der Waals surface area contributed by atoms with Gasteiger partial charge in [-0.25, -0.2) is 0 Å². The van der Waals surface area contributed by atoms with Crippen molar-refractivity contribution in [3.8, 4) is 33.9 Å². The highest BCUT2D eigenvalue weighted by Gasteiger charge is 2.24. The van der Waals surface area contributed by atoms with Crippen LogP contribution in [0.5, 0.6) is 11.5 Å². The number of hydrogen-bond acceptors (Lipinski definition) is 6. The summed E-state index contributed by atoms with van der Waals surface area (Å²) in [5.41, 5.74) is 10.5. The number of phenolic OH excluding ortho intramolecular Hbond substituents is 1. The van der Waals surface area contributed by atoms with E-state index in [0.717, 1.165) is 36.8 Å². The second-order valence-electron chi connectivity index (χ2n) is 8.68. The third-order valence-corrected chi connectivity index (χ3v) is 6.43. The molecular formula is C27H27N3O4. The van der Waals surface area contributed by atoms with Crippen LogP contribution in [0.3, 0.4) is 0 Å². The average molecular weight is 458 g/mol. The monoisotopic (exact) mass is 457 g/mol. The number of benzene rings is 2. The Morgan fingerprint density at radius 2 is 1.97 bits per heavy atom. The molecule has 4 aromatic rings. The molecule has 1 saturated carbocycles. The molecule has 2 atom stereocenters. The van der Waals surface area contributed by atoms with Gasteiger partial charge in [-0.2, -0.15) is 0 Å². The number of methoxy groups -OCH3 is 1. The molecule has 1 amide bonds. The standard InChI is InChI=1S/C27H27N3O4/c1-33-24-14-18(31)9-10-20(24)25-15-23-26(34-25)19(11-12-29-23)16-5-4-6-17(13-16)27(32)30-22-8-3-2-7-21(22)28/h4-6,9-15,21-22,31H,2-3,7-8,28H2,1H3,(H,30,32)/t21-,22+/m0/s1. The molecule has 0 bridgehead atoms. The van der Waals surface area contributed by atoms with Gasteiger partial charge < -0.3 is 25.3 Å². The van der Waals surface area contributed by atoms with E-state index < -0.39 is 0 Å². The van der Waals surface area contributed by atoms with Gasteiger partial charge in [-0.05, 0) is 48.7 Å². The molecule has 34 heavy (non-hydrogen) atoms. The number of nitrogens with one attached hydrogen (secondary N) is 1. The van der Waals surface area contributed by atoms with Crippen LogP contribution in [-0.2, 0) is 0 Å². The number of phenols is 1. The van der Waals surface area contributed by atoms with Gasteiger partial charge in [0.25, 0.3) is 5.91 Å². The number of furan rings is 1. The fraction of sp³-hybridized carbons (Fsp3) is 0.259. The number of ether oxygens (including phenoxy) is 1. The van der Waals surface area contributed by atoms with E-state index in [2.05, 4.69) is 10.3 Å². The summed E-state index contributed by atoms with van der Waals surface area (Å²) in [6.07, 6.45) is 5.77. The lowest BCUT2D eigenvalue weighted by molar-refractivity contribution is 0.0921. The van der Waals surface area contributed by atoms with Crippen LogP contribution in [0.25, 0.3) is 33.6 Å². The predicted octanol–water partition coefficient (Wildman–Crippen LogP) is 4.88. The maximum Gasteiger partial charge on any atom is 0.251 e. The minimum absolute atomic E-state index is 0.000801. The third kappa shape index (κ3) is 4.22. The van der Waals surface area contributed by atoms with Gasteiger partial charge in [-0.15, -0.1) is 0 Å². The first kappa shape index (κ1) is 22.0. The summed E-state index contributed by atoms with van der Waals surface area (Å²) in [5, 5.41) is 12.9. The van der Waals surface area contributed by atoms with Crippen molar-refractivity contribution < 1.29 is 19.1 Å². The second-order valence-corrected chi connectivity index (χ2v) is 8.68. The van der Waals surface area contributed by atoms with Crippen molar-refractivity contribution in [3.05, 3.63) is 66.4 Å². The molecule has 174 valence electrons. The van der Waals surface area contributed by atoms with E-state index in [1.165, 1.54) is 6.07 Å². The summed E-state index contributed by atoms with van der Waals surface area (Å²) < 4.78 is 11.6. The van der Waals surface area contributed by atoms with E-state index in [0.29, 0.717) is 33.7 Å². The summed E-state index contributed by atoms with van der Waals surface area (Å²) >= 11 is 0. The first-order valence-electron chi connectivity index (χ1n) is 11.5. The highest BCUT2D eigenvalue weighted by atomic mass is 16.5. The fourth-order valence-corrected chi connectivity index (χ4v) is 4.60. The summed E-state index contributed by atoms with van der Waals surface area (Å²) in [7, 11) is 1.54. The zero-order valence-corrected chi connectivity index (χ0v) is 19.0. The van der Waals surface area contributed by atoms with Crippen LogP contribution < -0.4 is 15.8 Å². The highest BCUT2D eigenvalue weighted by Crippen LogP contribution is 2.38. The Balaban J connectivity index is 1.49. The first-order chi connectivity index (χ1) is 16.5. The lowest BCUT2D eigenvalue weighted by Gasteiger charge is -2.29. The van der Waals surface area contributed by atoms with Gasteiger partial charge in [0.15, 0.2) is 5.58 Å². The van der Waals surface area contributed by atoms with Crippen LogP contribution in [0, 0.1) is 0 Å². The SMILES string of the molecule is COc1cc(O)ccc1-c1cc2nccc(-c3cccc(C(=O)N[C@@H]4CCCC[C@@H]4N)c3)c2o1. The van der Waals surface area contributed by atoms with Crippen molar-refractivity contribution >= 4 is 17.0 Å². The molecule has 1 fully saturated rings. The van der Waals surface area contributed by atoms with Crippen LogP contribution in [-0.4, -0.2) is 35.2 Å². The first-order valence-corrected chi connectivity index (χ1v) is 11.5. The van der Waals surface area contributed by atoms with Gasteiger partial charge >= 0.3 is 0 Å². The Hall–Kier alpha value is -3.84. The van der Waals surface area contributed by atoms with E-state index in [4.69, 9.17) is 14.9 Å². The molecule has 2 heterocycles. The van der Waals surface area contributed by atoms with E-state index in [1.807, 2.05) is 30.3 Å². The summed E-state index contributed by atoms with van der Waals surface area (Å²) in [6.45, 7) is 0. The maximum absolute atomic E-state index is 13.0. The van der Waals surface area contributed by atoms with Gasteiger partial charge in [0.2, 0.25) is 0 Å². The summed E-state index contributed by atoms with van der Waals surface area (Å²) in [5.74, 6) is 1.07. The Labute approximate surface area is 197 Å². The fourth-order valence-electron chi connectivity index (χ4n) is 4.60. The van der Waals surface area contributed by atoms with Crippen molar-refractivity contribution in [1.82, 2.24) is 10.3 Å². The zero-order valence-electron chi connectivity index (χ0n) is 19.0. The molecule has 0 aliphatic heterocycles. The number of hydrogen-bond donors (Lipinski definition) is 3. The van der Waals surface area contributed by atoms with Crippen LogP contribution in [0.2, 0.25) is 0 Å². The van der Waals surface area contributed by atoms with Gasteiger partial charge in [0.1, 0.15) is 22.8 Å². The molecule has 0 radical (unpaired) electrons. The summed E-state index contributed by atoms with van der Waals surface area (Å²) in [4.78, 5) is 17.4. The van der Waals surface area contributed by atoms with Crippen LogP contribution >= 0.6 is 0 Å². The minimum Gasteiger partial charge on any atom is -0.508 e. The molecular weight excluding hydrogens is 430 g/mol. The normalized spacial score (nSPS) is 18.1. The average Bonchev–Trinajstić information content (AvgIpc) is 3.29. The zero-order chi connectivity index (χ0) is 23.7. The Morgan fingerprint density at radius 3 is 2.79 bits per heavy atom. The minimum atomic E-state index is -0.122. The van der Waals surface area contributed by atoms with Crippen molar-refractivity contribution in [2.24, 2.45) is 5.73 Å². The van der Waals surface area contributed by atoms with Crippen molar-refractivity contribution in [2.75, 3.05) is 7.11 Å². The van der Waals surface area contributed by atoms with Crippen molar-refractivity contribution in [2.45, 2.75) is 37.8 Å². The molecule has 0 saturated heterocycles. The summed E-state index contributed by atoms with van der Waals surface area (Å²) in [6, 6.07) is 16.1. The largest absolute Gasteiger partial charge is 0.508 e. The number of carbonyl (C=O) groups excluding carboxylic acids is 1. The van der Waals surface area contributed by atoms with E-state index in [1.54, 1.807) is 31.5 Å². The number of nitrogens with two attached hydrogens (primary N) is 1. The quantitative estimate of drug-likeness (QED) is 0.394. The number of pyridine rings is 1. The van der Waals surface area contributed by atoms with E-state index in [-0.39, 0.29) is 23.7 Å². The molecule has 1 aliphatic rings. The van der Waals surface area contributed by atoms with Crippen LogP contribution in [0.4, 0.5) is 0 Å². The molecule has 2 aromatic heterocycles. The number of aromatic nitrogens is 1. The van der Waals surface area contributed by atoms with Crippen molar-refractivity contribution in [3.63, 3.8) is 0 Å². The number of amides is 1. The molecule has 0 spiro atoms. The number of aromatic hydroxyl groups is 1. The molecule has 5 rings (SSSR count). The topological polar surface area (TPSA) is 111 Å². The third-order valence-electron chi connectivity index (χ3n) is 6.43. The van der Waals surface area contributed by atoms with Crippen LogP contribution in [0.1, 0.15) is 36.0 Å². The lowest BCUT2D eigenvalue weighted by atomic mass is 9.91. The second kappa shape index (κ2) is 9.19. The van der Waals surface area contributed by atoms with Gasteiger partial charge in [-0.1, -0.05) is 25.0 Å².